The van der Waals surface area contributed by atoms with Crippen molar-refractivity contribution in [3.63, 3.8) is 0 Å². The molecule has 0 atom stereocenters. The molecule has 0 aromatic heterocycles. The fourth-order valence-corrected chi connectivity index (χ4v) is 4.78. The van der Waals surface area contributed by atoms with Crippen molar-refractivity contribution >= 4 is 0 Å². The van der Waals surface area contributed by atoms with Crippen LogP contribution < -0.4 is 0 Å². The summed E-state index contributed by atoms with van der Waals surface area (Å²) in [5.41, 5.74) is 0.442. The molecule has 0 saturated heterocycles. The summed E-state index contributed by atoms with van der Waals surface area (Å²) >= 11 is 0. The molecule has 2 fully saturated rings. The summed E-state index contributed by atoms with van der Waals surface area (Å²) in [4.78, 5) is 0. The monoisotopic (exact) mass is 326 g/mol. The molecule has 0 amide bonds. The molecule has 0 aromatic carbocycles. The Kier molecular flexibility index (Phi) is 7.84. The van der Waals surface area contributed by atoms with Gasteiger partial charge < -0.3 is 14.6 Å². The van der Waals surface area contributed by atoms with Crippen LogP contribution in [0.4, 0.5) is 0 Å². The van der Waals surface area contributed by atoms with Crippen LogP contribution in [0.5, 0.6) is 0 Å². The standard InChI is InChI=1S/C20H38O3/c1-4-14-22-18-9-5-16(6-10-18)20(2,3)17-7-11-19(12-8-17)23-15-13-21/h16-19,21H,4-15H2,1-3H3. The third-order valence-electron chi connectivity index (χ3n) is 6.46. The highest BCUT2D eigenvalue weighted by molar-refractivity contribution is 4.91. The molecule has 0 heterocycles. The highest BCUT2D eigenvalue weighted by Crippen LogP contribution is 2.48. The Morgan fingerprint density at radius 1 is 0.783 bits per heavy atom. The van der Waals surface area contributed by atoms with E-state index in [1.54, 1.807) is 0 Å². The van der Waals surface area contributed by atoms with Gasteiger partial charge in [-0.25, -0.2) is 0 Å². The van der Waals surface area contributed by atoms with Crippen LogP contribution >= 0.6 is 0 Å². The Labute approximate surface area is 143 Å². The Bertz CT molecular complexity index is 283. The summed E-state index contributed by atoms with van der Waals surface area (Å²) in [5, 5.41) is 8.89. The molecule has 3 nitrogen and oxygen atoms in total. The Morgan fingerprint density at radius 3 is 1.61 bits per heavy atom. The molecule has 0 spiro atoms. The maximum atomic E-state index is 8.89. The van der Waals surface area contributed by atoms with Gasteiger partial charge in [-0.1, -0.05) is 20.8 Å². The average Bonchev–Trinajstić information content (AvgIpc) is 2.59. The van der Waals surface area contributed by atoms with Gasteiger partial charge in [-0.05, 0) is 75.0 Å². The van der Waals surface area contributed by atoms with Crippen molar-refractivity contribution < 1.29 is 14.6 Å². The molecule has 1 N–H and O–H groups in total. The van der Waals surface area contributed by atoms with E-state index >= 15 is 0 Å². The minimum absolute atomic E-state index is 0.148. The minimum atomic E-state index is 0.148. The molecule has 0 unspecified atom stereocenters. The van der Waals surface area contributed by atoms with Crippen LogP contribution in [0, 0.1) is 17.3 Å². The lowest BCUT2D eigenvalue weighted by Crippen LogP contribution is -2.39. The fourth-order valence-electron chi connectivity index (χ4n) is 4.78. The first kappa shape index (κ1) is 19.2. The van der Waals surface area contributed by atoms with Crippen molar-refractivity contribution in [3.8, 4) is 0 Å². The molecular formula is C20H38O3. The molecule has 2 aliphatic rings. The summed E-state index contributed by atoms with van der Waals surface area (Å²) in [6.45, 7) is 8.77. The molecule has 23 heavy (non-hydrogen) atoms. The zero-order chi connectivity index (χ0) is 16.7. The van der Waals surface area contributed by atoms with Crippen LogP contribution in [-0.4, -0.2) is 37.1 Å². The van der Waals surface area contributed by atoms with Gasteiger partial charge in [-0.3, -0.25) is 0 Å². The zero-order valence-electron chi connectivity index (χ0n) is 15.6. The van der Waals surface area contributed by atoms with Gasteiger partial charge in [0.25, 0.3) is 0 Å². The number of hydrogen-bond acceptors (Lipinski definition) is 3. The quantitative estimate of drug-likeness (QED) is 0.710. The summed E-state index contributed by atoms with van der Waals surface area (Å²) in [6, 6.07) is 0. The third-order valence-corrected chi connectivity index (χ3v) is 6.46. The maximum absolute atomic E-state index is 8.89. The van der Waals surface area contributed by atoms with Crippen molar-refractivity contribution in [3.05, 3.63) is 0 Å². The Balaban J connectivity index is 1.76. The average molecular weight is 327 g/mol. The van der Waals surface area contributed by atoms with Gasteiger partial charge in [0.15, 0.2) is 0 Å². The first-order chi connectivity index (χ1) is 11.1. The van der Waals surface area contributed by atoms with E-state index in [1.807, 2.05) is 0 Å². The topological polar surface area (TPSA) is 38.7 Å². The van der Waals surface area contributed by atoms with Crippen LogP contribution in [0.2, 0.25) is 0 Å². The highest BCUT2D eigenvalue weighted by atomic mass is 16.5. The van der Waals surface area contributed by atoms with Crippen molar-refractivity contribution in [2.24, 2.45) is 17.3 Å². The van der Waals surface area contributed by atoms with Crippen LogP contribution in [0.15, 0.2) is 0 Å². The van der Waals surface area contributed by atoms with Gasteiger partial charge in [0.1, 0.15) is 0 Å². The summed E-state index contributed by atoms with van der Waals surface area (Å²) in [7, 11) is 0. The smallest absolute Gasteiger partial charge is 0.0701 e. The van der Waals surface area contributed by atoms with E-state index in [1.165, 1.54) is 51.4 Å². The largest absolute Gasteiger partial charge is 0.394 e. The van der Waals surface area contributed by atoms with E-state index in [4.69, 9.17) is 14.6 Å². The number of rotatable bonds is 8. The lowest BCUT2D eigenvalue weighted by molar-refractivity contribution is -0.0396. The van der Waals surface area contributed by atoms with Crippen molar-refractivity contribution in [1.82, 2.24) is 0 Å². The molecular weight excluding hydrogens is 288 g/mol. The molecule has 0 aromatic rings. The van der Waals surface area contributed by atoms with Gasteiger partial charge in [0, 0.05) is 6.61 Å². The summed E-state index contributed by atoms with van der Waals surface area (Å²) in [5.74, 6) is 1.68. The number of hydrogen-bond donors (Lipinski definition) is 1. The van der Waals surface area contributed by atoms with E-state index < -0.39 is 0 Å². The Morgan fingerprint density at radius 2 is 1.22 bits per heavy atom. The second kappa shape index (κ2) is 9.39. The van der Waals surface area contributed by atoms with Gasteiger partial charge in [-0.15, -0.1) is 0 Å². The molecule has 0 aliphatic heterocycles. The molecule has 2 saturated carbocycles. The van der Waals surface area contributed by atoms with Gasteiger partial charge >= 0.3 is 0 Å². The molecule has 136 valence electrons. The zero-order valence-corrected chi connectivity index (χ0v) is 15.6. The number of aliphatic hydroxyl groups is 1. The van der Waals surface area contributed by atoms with E-state index in [-0.39, 0.29) is 6.61 Å². The first-order valence-electron chi connectivity index (χ1n) is 9.92. The van der Waals surface area contributed by atoms with Gasteiger partial charge in [0.05, 0.1) is 25.4 Å². The molecule has 2 aliphatic carbocycles. The minimum Gasteiger partial charge on any atom is -0.394 e. The van der Waals surface area contributed by atoms with Crippen molar-refractivity contribution in [2.75, 3.05) is 19.8 Å². The summed E-state index contributed by atoms with van der Waals surface area (Å²) in [6.07, 6.45) is 12.1. The van der Waals surface area contributed by atoms with Gasteiger partial charge in [-0.2, -0.15) is 0 Å². The van der Waals surface area contributed by atoms with Crippen LogP contribution in [0.25, 0.3) is 0 Å². The molecule has 0 bridgehead atoms. The van der Waals surface area contributed by atoms with Crippen molar-refractivity contribution in [1.29, 1.82) is 0 Å². The van der Waals surface area contributed by atoms with E-state index in [9.17, 15) is 0 Å². The lowest BCUT2D eigenvalue weighted by Gasteiger charge is -2.46. The maximum Gasteiger partial charge on any atom is 0.0701 e. The lowest BCUT2D eigenvalue weighted by atomic mass is 9.60. The van der Waals surface area contributed by atoms with Gasteiger partial charge in [0.2, 0.25) is 0 Å². The SMILES string of the molecule is CCCOC1CCC(C(C)(C)C2CCC(OCCO)CC2)CC1. The van der Waals surface area contributed by atoms with Crippen LogP contribution in [0.3, 0.4) is 0 Å². The predicted octanol–water partition coefficient (Wildman–Crippen LogP) is 4.57. The highest BCUT2D eigenvalue weighted by Gasteiger charge is 2.40. The second-order valence-electron chi connectivity index (χ2n) is 8.23. The van der Waals surface area contributed by atoms with Crippen molar-refractivity contribution in [2.45, 2.75) is 90.8 Å². The van der Waals surface area contributed by atoms with E-state index in [0.29, 0.717) is 24.2 Å². The Hall–Kier alpha value is -0.120. The fraction of sp³-hybridized carbons (Fsp3) is 1.00. The van der Waals surface area contributed by atoms with Crippen LogP contribution in [0.1, 0.15) is 78.6 Å². The second-order valence-corrected chi connectivity index (χ2v) is 8.23. The van der Waals surface area contributed by atoms with E-state index in [0.717, 1.165) is 24.9 Å². The van der Waals surface area contributed by atoms with E-state index in [2.05, 4.69) is 20.8 Å². The normalized spacial score (nSPS) is 32.9. The molecule has 3 heteroatoms. The van der Waals surface area contributed by atoms with Crippen LogP contribution in [-0.2, 0) is 9.47 Å². The molecule has 0 radical (unpaired) electrons. The predicted molar refractivity (Wildman–Crippen MR) is 94.6 cm³/mol. The first-order valence-corrected chi connectivity index (χ1v) is 9.92. The third kappa shape index (κ3) is 5.44. The number of aliphatic hydroxyl groups excluding tert-OH is 1. The summed E-state index contributed by atoms with van der Waals surface area (Å²) < 4.78 is 11.7. The number of ether oxygens (including phenoxy) is 2. The molecule has 2 rings (SSSR count).